The van der Waals surface area contributed by atoms with E-state index in [-0.39, 0.29) is 0 Å². The molecule has 1 aromatic rings. The summed E-state index contributed by atoms with van der Waals surface area (Å²) >= 11 is 0. The van der Waals surface area contributed by atoms with E-state index < -0.39 is 0 Å². The molecular weight excluding hydrogens is 330 g/mol. The average Bonchev–Trinajstić information content (AvgIpc) is 3.07. The maximum absolute atomic E-state index is 5.54. The fourth-order valence-electron chi connectivity index (χ4n) is 3.77. The number of ether oxygens (including phenoxy) is 1. The summed E-state index contributed by atoms with van der Waals surface area (Å²) in [6.07, 6.45) is 2.90. The van der Waals surface area contributed by atoms with Gasteiger partial charge in [0.1, 0.15) is 5.82 Å². The van der Waals surface area contributed by atoms with E-state index in [4.69, 9.17) is 4.74 Å². The van der Waals surface area contributed by atoms with Gasteiger partial charge in [-0.1, -0.05) is 6.92 Å². The number of hydrogen-bond donors (Lipinski definition) is 2. The van der Waals surface area contributed by atoms with E-state index in [0.29, 0.717) is 18.1 Å². The summed E-state index contributed by atoms with van der Waals surface area (Å²) in [6.45, 7) is 10.9. The van der Waals surface area contributed by atoms with Gasteiger partial charge in [-0.05, 0) is 20.3 Å². The largest absolute Gasteiger partial charge is 0.379 e. The van der Waals surface area contributed by atoms with Crippen molar-refractivity contribution in [3.05, 3.63) is 11.6 Å². The van der Waals surface area contributed by atoms with Gasteiger partial charge >= 0.3 is 0 Å². The molecule has 8 nitrogen and oxygen atoms in total. The first kappa shape index (κ1) is 19.1. The number of aliphatic imine (C=N–C) groups is 1. The summed E-state index contributed by atoms with van der Waals surface area (Å²) in [7, 11) is 1.83. The zero-order chi connectivity index (χ0) is 18.5. The Kier molecular flexibility index (Phi) is 6.48. The third-order valence-electron chi connectivity index (χ3n) is 5.33. The Morgan fingerprint density at radius 2 is 2.31 bits per heavy atom. The van der Waals surface area contributed by atoms with Gasteiger partial charge in [0.25, 0.3) is 0 Å². The molecule has 2 aliphatic rings. The molecule has 0 aliphatic carbocycles. The van der Waals surface area contributed by atoms with Gasteiger partial charge in [-0.25, -0.2) is 9.67 Å². The van der Waals surface area contributed by atoms with Crippen LogP contribution in [0.5, 0.6) is 0 Å². The number of rotatable bonds is 5. The molecule has 1 aromatic heterocycles. The molecule has 2 N–H and O–H groups in total. The van der Waals surface area contributed by atoms with Crippen molar-refractivity contribution in [1.82, 2.24) is 30.3 Å². The van der Waals surface area contributed by atoms with Crippen molar-refractivity contribution in [3.8, 4) is 0 Å². The van der Waals surface area contributed by atoms with Crippen molar-refractivity contribution in [1.29, 1.82) is 0 Å². The molecule has 8 heteroatoms. The Labute approximate surface area is 156 Å². The highest BCUT2D eigenvalue weighted by atomic mass is 16.5. The molecule has 0 saturated carbocycles. The second-order valence-corrected chi connectivity index (χ2v) is 7.32. The Balaban J connectivity index is 1.49. The van der Waals surface area contributed by atoms with Gasteiger partial charge in [-0.15, -0.1) is 0 Å². The second kappa shape index (κ2) is 8.81. The number of nitrogens with one attached hydrogen (secondary N) is 2. The van der Waals surface area contributed by atoms with Gasteiger partial charge in [-0.3, -0.25) is 9.89 Å². The third kappa shape index (κ3) is 4.54. The predicted molar refractivity (Wildman–Crippen MR) is 102 cm³/mol. The first-order valence-electron chi connectivity index (χ1n) is 9.84. The van der Waals surface area contributed by atoms with Crippen molar-refractivity contribution in [2.45, 2.75) is 64.7 Å². The summed E-state index contributed by atoms with van der Waals surface area (Å²) in [4.78, 5) is 11.5. The molecule has 2 aliphatic heterocycles. The van der Waals surface area contributed by atoms with E-state index in [2.05, 4.69) is 51.4 Å². The highest BCUT2D eigenvalue weighted by Crippen LogP contribution is 2.13. The molecule has 3 unspecified atom stereocenters. The lowest BCUT2D eigenvalue weighted by Gasteiger charge is -2.38. The molecule has 146 valence electrons. The lowest BCUT2D eigenvalue weighted by molar-refractivity contribution is -0.0174. The van der Waals surface area contributed by atoms with Crippen LogP contribution < -0.4 is 10.6 Å². The number of aryl methyl sites for hydroxylation is 2. The molecule has 0 aromatic carbocycles. The van der Waals surface area contributed by atoms with E-state index in [0.717, 1.165) is 69.7 Å². The summed E-state index contributed by atoms with van der Waals surface area (Å²) in [6, 6.07) is 1.23. The van der Waals surface area contributed by atoms with Crippen LogP contribution in [0.3, 0.4) is 0 Å². The average molecular weight is 364 g/mol. The number of hydrogen-bond acceptors (Lipinski definition) is 5. The van der Waals surface area contributed by atoms with Crippen molar-refractivity contribution < 1.29 is 4.74 Å². The van der Waals surface area contributed by atoms with Crippen LogP contribution in [-0.2, 0) is 24.1 Å². The first-order valence-corrected chi connectivity index (χ1v) is 9.84. The van der Waals surface area contributed by atoms with E-state index >= 15 is 0 Å². The standard InChI is InChI=1S/C18H33N7O/c1-5-16-22-17-7-6-15(11-25(17)23-16)21-18(19-4)20-10-13(2)24-8-9-26-12-14(24)3/h13-15H,5-12H2,1-4H3,(H2,19,20,21). The highest BCUT2D eigenvalue weighted by molar-refractivity contribution is 5.80. The van der Waals surface area contributed by atoms with Crippen LogP contribution in [0.1, 0.15) is 38.8 Å². The van der Waals surface area contributed by atoms with Gasteiger partial charge in [0.15, 0.2) is 11.8 Å². The van der Waals surface area contributed by atoms with Crippen LogP contribution in [0.2, 0.25) is 0 Å². The van der Waals surface area contributed by atoms with Gasteiger partial charge < -0.3 is 15.4 Å². The van der Waals surface area contributed by atoms with Crippen molar-refractivity contribution in [2.24, 2.45) is 4.99 Å². The van der Waals surface area contributed by atoms with Crippen molar-refractivity contribution in [3.63, 3.8) is 0 Å². The molecule has 0 radical (unpaired) electrons. The number of aromatic nitrogens is 3. The van der Waals surface area contributed by atoms with Crippen LogP contribution in [0.15, 0.2) is 4.99 Å². The minimum Gasteiger partial charge on any atom is -0.379 e. The number of nitrogens with zero attached hydrogens (tertiary/aromatic N) is 5. The molecule has 3 atom stereocenters. The van der Waals surface area contributed by atoms with Gasteiger partial charge in [0.05, 0.1) is 19.8 Å². The SMILES string of the molecule is CCc1nc2n(n1)CC(NC(=NC)NCC(C)N1CCOCC1C)CC2. The summed E-state index contributed by atoms with van der Waals surface area (Å²) < 4.78 is 7.58. The highest BCUT2D eigenvalue weighted by Gasteiger charge is 2.25. The monoisotopic (exact) mass is 363 g/mol. The lowest BCUT2D eigenvalue weighted by Crippen LogP contribution is -2.54. The molecule has 0 amide bonds. The zero-order valence-electron chi connectivity index (χ0n) is 16.5. The third-order valence-corrected chi connectivity index (χ3v) is 5.33. The van der Waals surface area contributed by atoms with Crippen LogP contribution in [0, 0.1) is 0 Å². The number of morpholine rings is 1. The van der Waals surface area contributed by atoms with E-state index in [1.807, 2.05) is 11.7 Å². The Hall–Kier alpha value is -1.67. The molecule has 3 heterocycles. The van der Waals surface area contributed by atoms with Gasteiger partial charge in [0, 0.05) is 51.1 Å². The molecule has 0 bridgehead atoms. The molecule has 1 fully saturated rings. The van der Waals surface area contributed by atoms with Gasteiger partial charge in [-0.2, -0.15) is 5.10 Å². The zero-order valence-corrected chi connectivity index (χ0v) is 16.5. The van der Waals surface area contributed by atoms with Crippen LogP contribution in [-0.4, -0.2) is 77.1 Å². The minimum absolute atomic E-state index is 0.331. The number of guanidine groups is 1. The Morgan fingerprint density at radius 1 is 1.46 bits per heavy atom. The quantitative estimate of drug-likeness (QED) is 0.583. The lowest BCUT2D eigenvalue weighted by atomic mass is 10.1. The minimum atomic E-state index is 0.331. The number of fused-ring (bicyclic) bond motifs is 1. The molecule has 3 rings (SSSR count). The van der Waals surface area contributed by atoms with Crippen molar-refractivity contribution in [2.75, 3.05) is 33.4 Å². The van der Waals surface area contributed by atoms with Crippen LogP contribution in [0.25, 0.3) is 0 Å². The Morgan fingerprint density at radius 3 is 3.04 bits per heavy atom. The Bertz CT molecular complexity index is 615. The van der Waals surface area contributed by atoms with E-state index in [1.54, 1.807) is 0 Å². The van der Waals surface area contributed by atoms with Crippen LogP contribution >= 0.6 is 0 Å². The molecular formula is C18H33N7O. The summed E-state index contributed by atoms with van der Waals surface area (Å²) in [5.41, 5.74) is 0. The fraction of sp³-hybridized carbons (Fsp3) is 0.833. The predicted octanol–water partition coefficient (Wildman–Crippen LogP) is 0.430. The normalized spacial score (nSPS) is 25.6. The van der Waals surface area contributed by atoms with Crippen molar-refractivity contribution >= 4 is 5.96 Å². The maximum atomic E-state index is 5.54. The molecule has 1 saturated heterocycles. The van der Waals surface area contributed by atoms with Gasteiger partial charge in [0.2, 0.25) is 0 Å². The summed E-state index contributed by atoms with van der Waals surface area (Å²) in [5.74, 6) is 2.91. The first-order chi connectivity index (χ1) is 12.6. The smallest absolute Gasteiger partial charge is 0.191 e. The topological polar surface area (TPSA) is 79.6 Å². The van der Waals surface area contributed by atoms with E-state index in [9.17, 15) is 0 Å². The molecule has 0 spiro atoms. The van der Waals surface area contributed by atoms with Crippen LogP contribution in [0.4, 0.5) is 0 Å². The molecule has 26 heavy (non-hydrogen) atoms. The fourth-order valence-corrected chi connectivity index (χ4v) is 3.77. The second-order valence-electron chi connectivity index (χ2n) is 7.32. The maximum Gasteiger partial charge on any atom is 0.191 e. The van der Waals surface area contributed by atoms with E-state index in [1.165, 1.54) is 0 Å². The summed E-state index contributed by atoms with van der Waals surface area (Å²) in [5, 5.41) is 11.6.